The molecule has 32 heavy (non-hydrogen) atoms. The molecule has 164 valence electrons. The molecule has 0 N–H and O–H groups in total. The molecule has 0 aliphatic rings. The van der Waals surface area contributed by atoms with Crippen molar-refractivity contribution >= 4 is 23.6 Å². The fourth-order valence-corrected chi connectivity index (χ4v) is 3.50. The molecule has 0 aliphatic carbocycles. The number of thioether (sulfide) groups is 1. The molecule has 2 aromatic carbocycles. The lowest BCUT2D eigenvalue weighted by atomic mass is 10.2. The Kier molecular flexibility index (Phi) is 7.94. The van der Waals surface area contributed by atoms with E-state index in [1.807, 2.05) is 36.4 Å². The van der Waals surface area contributed by atoms with Crippen LogP contribution in [0.4, 0.5) is 4.39 Å². The van der Waals surface area contributed by atoms with Crippen molar-refractivity contribution in [3.05, 3.63) is 60.4 Å². The molecule has 8 nitrogen and oxygen atoms in total. The number of nitrogens with zero attached hydrogens (tertiary/aromatic N) is 5. The van der Waals surface area contributed by atoms with E-state index in [1.165, 1.54) is 18.0 Å². The quantitative estimate of drug-likeness (QED) is 0.362. The smallest absolute Gasteiger partial charge is 0.316 e. The Bertz CT molecular complexity index is 1130. The van der Waals surface area contributed by atoms with Crippen LogP contribution in [-0.4, -0.2) is 57.5 Å². The number of halogens is 1. The molecule has 1 amide bonds. The number of rotatable bonds is 9. The normalized spacial score (nSPS) is 10.4. The number of amides is 1. The van der Waals surface area contributed by atoms with Crippen molar-refractivity contribution in [3.63, 3.8) is 0 Å². The summed E-state index contributed by atoms with van der Waals surface area (Å²) in [6.07, 6.45) is 0.200. The van der Waals surface area contributed by atoms with Gasteiger partial charge in [-0.1, -0.05) is 42.1 Å². The van der Waals surface area contributed by atoms with Crippen molar-refractivity contribution in [1.29, 1.82) is 5.26 Å². The van der Waals surface area contributed by atoms with Gasteiger partial charge in [0.2, 0.25) is 0 Å². The van der Waals surface area contributed by atoms with Crippen molar-refractivity contribution in [1.82, 2.24) is 19.7 Å². The van der Waals surface area contributed by atoms with Gasteiger partial charge in [0.25, 0.3) is 5.91 Å². The Balaban J connectivity index is 1.72. The van der Waals surface area contributed by atoms with Crippen molar-refractivity contribution in [2.75, 3.05) is 26.0 Å². The molecule has 10 heteroatoms. The number of nitriles is 1. The number of aromatic nitrogens is 3. The van der Waals surface area contributed by atoms with E-state index in [1.54, 1.807) is 22.8 Å². The van der Waals surface area contributed by atoms with Gasteiger partial charge < -0.3 is 9.64 Å². The summed E-state index contributed by atoms with van der Waals surface area (Å²) in [6, 6.07) is 17.4. The zero-order valence-electron chi connectivity index (χ0n) is 17.3. The molecule has 1 aromatic heterocycles. The minimum atomic E-state index is -0.605. The second-order valence-electron chi connectivity index (χ2n) is 6.63. The van der Waals surface area contributed by atoms with Crippen LogP contribution in [0.1, 0.15) is 6.42 Å². The average Bonchev–Trinajstić information content (AvgIpc) is 3.24. The first kappa shape index (κ1) is 23.0. The minimum Gasteiger partial charge on any atom is -0.455 e. The molecule has 0 fully saturated rings. The van der Waals surface area contributed by atoms with E-state index in [-0.39, 0.29) is 24.3 Å². The third-order valence-corrected chi connectivity index (χ3v) is 5.33. The summed E-state index contributed by atoms with van der Waals surface area (Å²) in [5, 5.41) is 17.2. The summed E-state index contributed by atoms with van der Waals surface area (Å²) in [6.45, 7) is -0.145. The van der Waals surface area contributed by atoms with Crippen LogP contribution in [0.15, 0.2) is 59.8 Å². The zero-order valence-corrected chi connectivity index (χ0v) is 18.1. The van der Waals surface area contributed by atoms with E-state index in [2.05, 4.69) is 10.2 Å². The molecule has 0 atom stereocenters. The van der Waals surface area contributed by atoms with Crippen LogP contribution in [0, 0.1) is 17.1 Å². The van der Waals surface area contributed by atoms with E-state index in [0.29, 0.717) is 16.7 Å². The number of ether oxygens (including phenoxy) is 1. The summed E-state index contributed by atoms with van der Waals surface area (Å²) >= 11 is 1.07. The first-order chi connectivity index (χ1) is 15.5. The van der Waals surface area contributed by atoms with E-state index < -0.39 is 24.3 Å². The van der Waals surface area contributed by atoms with Gasteiger partial charge in [0, 0.05) is 19.3 Å². The fraction of sp³-hybridized carbons (Fsp3) is 0.227. The summed E-state index contributed by atoms with van der Waals surface area (Å²) in [5.41, 5.74) is 0.991. The van der Waals surface area contributed by atoms with Gasteiger partial charge in [0.05, 0.1) is 23.8 Å². The molecule has 0 saturated carbocycles. The Morgan fingerprint density at radius 3 is 2.59 bits per heavy atom. The van der Waals surface area contributed by atoms with Crippen LogP contribution in [0.25, 0.3) is 17.1 Å². The molecule has 3 aromatic rings. The van der Waals surface area contributed by atoms with E-state index in [4.69, 9.17) is 10.00 Å². The summed E-state index contributed by atoms with van der Waals surface area (Å²) in [5.74, 6) is -1.25. The Labute approximate surface area is 188 Å². The van der Waals surface area contributed by atoms with Gasteiger partial charge in [-0.25, -0.2) is 4.39 Å². The third kappa shape index (κ3) is 5.70. The molecular formula is C22H20FN5O3S. The van der Waals surface area contributed by atoms with Crippen molar-refractivity contribution in [2.24, 2.45) is 0 Å². The second kappa shape index (κ2) is 11.1. The first-order valence-corrected chi connectivity index (χ1v) is 10.6. The Hall–Kier alpha value is -3.71. The van der Waals surface area contributed by atoms with Gasteiger partial charge in [-0.3, -0.25) is 14.2 Å². The number of esters is 1. The lowest BCUT2D eigenvalue weighted by molar-refractivity contribution is -0.149. The van der Waals surface area contributed by atoms with Gasteiger partial charge in [0.1, 0.15) is 5.82 Å². The van der Waals surface area contributed by atoms with Crippen molar-refractivity contribution in [3.8, 4) is 23.1 Å². The van der Waals surface area contributed by atoms with Crippen molar-refractivity contribution in [2.45, 2.75) is 11.6 Å². The molecule has 0 saturated heterocycles. The van der Waals surface area contributed by atoms with E-state index in [0.717, 1.165) is 11.8 Å². The largest absolute Gasteiger partial charge is 0.455 e. The highest BCUT2D eigenvalue weighted by atomic mass is 32.2. The maximum Gasteiger partial charge on any atom is 0.316 e. The standard InChI is InChI=1S/C22H20FN5O3S/c1-27(13-7-12-24)19(29)14-31-20(30)15-32-22-26-25-21(17-10-5-6-11-18(17)23)28(22)16-8-3-2-4-9-16/h2-6,8-11H,7,13-15H2,1H3. The highest BCUT2D eigenvalue weighted by Gasteiger charge is 2.20. The third-order valence-electron chi connectivity index (χ3n) is 4.42. The number of benzene rings is 2. The lowest BCUT2D eigenvalue weighted by Crippen LogP contribution is -2.32. The van der Waals surface area contributed by atoms with E-state index >= 15 is 0 Å². The highest BCUT2D eigenvalue weighted by molar-refractivity contribution is 7.99. The minimum absolute atomic E-state index is 0.114. The van der Waals surface area contributed by atoms with Crippen LogP contribution in [0.2, 0.25) is 0 Å². The van der Waals surface area contributed by atoms with Gasteiger partial charge in [-0.05, 0) is 24.3 Å². The number of carbonyl (C=O) groups is 2. The monoisotopic (exact) mass is 453 g/mol. The highest BCUT2D eigenvalue weighted by Crippen LogP contribution is 2.29. The van der Waals surface area contributed by atoms with Gasteiger partial charge >= 0.3 is 5.97 Å². The molecule has 0 radical (unpaired) electrons. The van der Waals surface area contributed by atoms with Crippen LogP contribution in [0.3, 0.4) is 0 Å². The number of carbonyl (C=O) groups excluding carboxylic acids is 2. The zero-order chi connectivity index (χ0) is 22.9. The van der Waals surface area contributed by atoms with Crippen LogP contribution >= 0.6 is 11.8 Å². The van der Waals surface area contributed by atoms with Gasteiger partial charge in [-0.2, -0.15) is 5.26 Å². The predicted molar refractivity (Wildman–Crippen MR) is 116 cm³/mol. The average molecular weight is 453 g/mol. The van der Waals surface area contributed by atoms with Gasteiger partial charge in [0.15, 0.2) is 17.6 Å². The maximum atomic E-state index is 14.4. The molecule has 3 rings (SSSR count). The Morgan fingerprint density at radius 1 is 1.16 bits per heavy atom. The number of para-hydroxylation sites is 1. The van der Waals surface area contributed by atoms with Crippen LogP contribution in [-0.2, 0) is 14.3 Å². The van der Waals surface area contributed by atoms with Crippen LogP contribution in [0.5, 0.6) is 0 Å². The van der Waals surface area contributed by atoms with Crippen LogP contribution < -0.4 is 0 Å². The Morgan fingerprint density at radius 2 is 1.88 bits per heavy atom. The topological polar surface area (TPSA) is 101 Å². The second-order valence-corrected chi connectivity index (χ2v) is 7.57. The van der Waals surface area contributed by atoms with Crippen molar-refractivity contribution < 1.29 is 18.7 Å². The summed E-state index contributed by atoms with van der Waals surface area (Å²) in [4.78, 5) is 25.4. The molecule has 0 unspecified atom stereocenters. The number of hydrogen-bond donors (Lipinski definition) is 0. The number of hydrogen-bond acceptors (Lipinski definition) is 7. The molecule has 0 aliphatic heterocycles. The molecule has 1 heterocycles. The van der Waals surface area contributed by atoms with Gasteiger partial charge in [-0.15, -0.1) is 10.2 Å². The number of likely N-dealkylation sites (N-methyl/N-ethyl adjacent to an activating group) is 1. The summed E-state index contributed by atoms with van der Waals surface area (Å²) < 4.78 is 21.1. The summed E-state index contributed by atoms with van der Waals surface area (Å²) in [7, 11) is 1.54. The first-order valence-electron chi connectivity index (χ1n) is 9.66. The molecule has 0 spiro atoms. The molecule has 0 bridgehead atoms. The predicted octanol–water partition coefficient (Wildman–Crippen LogP) is 3.08. The SMILES string of the molecule is CN(CCC#N)C(=O)COC(=O)CSc1nnc(-c2ccccc2F)n1-c1ccccc1. The molecular weight excluding hydrogens is 433 g/mol. The van der Waals surface area contributed by atoms with E-state index in [9.17, 15) is 14.0 Å². The lowest BCUT2D eigenvalue weighted by Gasteiger charge is -2.15. The maximum absolute atomic E-state index is 14.4. The fourth-order valence-electron chi connectivity index (χ4n) is 2.75.